The van der Waals surface area contributed by atoms with Gasteiger partial charge < -0.3 is 14.4 Å². The zero-order valence-electron chi connectivity index (χ0n) is 23.2. The lowest BCUT2D eigenvalue weighted by Crippen LogP contribution is -2.47. The molecule has 0 bridgehead atoms. The van der Waals surface area contributed by atoms with Gasteiger partial charge in [0.2, 0.25) is 0 Å². The summed E-state index contributed by atoms with van der Waals surface area (Å²) in [5.41, 5.74) is 3.53. The van der Waals surface area contributed by atoms with Gasteiger partial charge in [-0.15, -0.1) is 0 Å². The number of fused-ring (bicyclic) bond motifs is 1. The number of piperidine rings is 1. The minimum Gasteiger partial charge on any atom is -0.497 e. The lowest BCUT2D eigenvalue weighted by molar-refractivity contribution is 0.0403. The van der Waals surface area contributed by atoms with E-state index in [0.29, 0.717) is 10.8 Å². The van der Waals surface area contributed by atoms with Gasteiger partial charge in [0, 0.05) is 19.6 Å². The van der Waals surface area contributed by atoms with E-state index in [1.807, 2.05) is 0 Å². The van der Waals surface area contributed by atoms with Crippen molar-refractivity contribution in [2.24, 2.45) is 10.8 Å². The van der Waals surface area contributed by atoms with Crippen LogP contribution in [-0.4, -0.2) is 56.2 Å². The molecule has 0 saturated carbocycles. The summed E-state index contributed by atoms with van der Waals surface area (Å²) in [6, 6.07) is 17.2. The minimum absolute atomic E-state index is 0.406. The molecule has 4 heteroatoms. The molecule has 0 radical (unpaired) electrons. The first-order valence-electron chi connectivity index (χ1n) is 14.1. The predicted molar refractivity (Wildman–Crippen MR) is 150 cm³/mol. The Morgan fingerprint density at radius 3 is 2.36 bits per heavy atom. The molecule has 0 aliphatic carbocycles. The Morgan fingerprint density at radius 1 is 0.889 bits per heavy atom. The second-order valence-corrected chi connectivity index (χ2v) is 12.4. The highest BCUT2D eigenvalue weighted by Gasteiger charge is 2.36. The number of para-hydroxylation sites is 1. The molecule has 0 atom stereocenters. The van der Waals surface area contributed by atoms with Crippen molar-refractivity contribution in [3.05, 3.63) is 59.7 Å². The van der Waals surface area contributed by atoms with E-state index in [4.69, 9.17) is 9.47 Å². The average Bonchev–Trinajstić information content (AvgIpc) is 2.86. The molecule has 36 heavy (non-hydrogen) atoms. The SMILES string of the molecule is COc1ccc(CN2CCOc3ccccc3CCCCC3(CCN(CCC(C)(C)C)CC3)C2)cc1. The molecule has 2 aromatic rings. The molecule has 2 aliphatic rings. The van der Waals surface area contributed by atoms with Crippen molar-refractivity contribution in [2.45, 2.75) is 72.3 Å². The largest absolute Gasteiger partial charge is 0.497 e. The number of hydrogen-bond donors (Lipinski definition) is 0. The van der Waals surface area contributed by atoms with Gasteiger partial charge in [-0.05, 0) is 98.3 Å². The van der Waals surface area contributed by atoms with Gasteiger partial charge in [-0.1, -0.05) is 57.5 Å². The summed E-state index contributed by atoms with van der Waals surface area (Å²) in [6.45, 7) is 14.6. The first-order chi connectivity index (χ1) is 17.3. The normalized spacial score (nSPS) is 20.1. The van der Waals surface area contributed by atoms with Gasteiger partial charge in [0.25, 0.3) is 0 Å². The van der Waals surface area contributed by atoms with E-state index in [-0.39, 0.29) is 0 Å². The molecule has 0 unspecified atom stereocenters. The number of ether oxygens (including phenoxy) is 2. The molecule has 2 aromatic carbocycles. The highest BCUT2D eigenvalue weighted by molar-refractivity contribution is 5.33. The van der Waals surface area contributed by atoms with Crippen LogP contribution in [0.2, 0.25) is 0 Å². The molecule has 198 valence electrons. The van der Waals surface area contributed by atoms with Crippen LogP contribution in [0, 0.1) is 10.8 Å². The van der Waals surface area contributed by atoms with Crippen LogP contribution in [-0.2, 0) is 13.0 Å². The maximum Gasteiger partial charge on any atom is 0.122 e. The van der Waals surface area contributed by atoms with Crippen LogP contribution in [0.3, 0.4) is 0 Å². The molecule has 1 fully saturated rings. The molecule has 4 nitrogen and oxygen atoms in total. The smallest absolute Gasteiger partial charge is 0.122 e. The van der Waals surface area contributed by atoms with Crippen LogP contribution in [0.4, 0.5) is 0 Å². The quantitative estimate of drug-likeness (QED) is 0.457. The van der Waals surface area contributed by atoms with Gasteiger partial charge in [0.05, 0.1) is 7.11 Å². The Bertz CT molecular complexity index is 926. The number of aryl methyl sites for hydroxylation is 1. The van der Waals surface area contributed by atoms with Crippen molar-refractivity contribution in [3.63, 3.8) is 0 Å². The summed E-state index contributed by atoms with van der Waals surface area (Å²) in [7, 11) is 1.73. The summed E-state index contributed by atoms with van der Waals surface area (Å²) < 4.78 is 11.7. The van der Waals surface area contributed by atoms with Gasteiger partial charge in [-0.3, -0.25) is 4.90 Å². The molecule has 2 aliphatic heterocycles. The second-order valence-electron chi connectivity index (χ2n) is 12.4. The van der Waals surface area contributed by atoms with Crippen molar-refractivity contribution in [1.82, 2.24) is 9.80 Å². The van der Waals surface area contributed by atoms with Crippen molar-refractivity contribution >= 4 is 0 Å². The van der Waals surface area contributed by atoms with Gasteiger partial charge in [-0.2, -0.15) is 0 Å². The number of nitrogens with zero attached hydrogens (tertiary/aromatic N) is 2. The lowest BCUT2D eigenvalue weighted by atomic mass is 9.73. The summed E-state index contributed by atoms with van der Waals surface area (Å²) in [4.78, 5) is 5.39. The number of likely N-dealkylation sites (tertiary alicyclic amines) is 1. The lowest BCUT2D eigenvalue weighted by Gasteiger charge is -2.45. The molecule has 0 N–H and O–H groups in total. The molecule has 0 aromatic heterocycles. The third kappa shape index (κ3) is 7.98. The summed E-state index contributed by atoms with van der Waals surface area (Å²) in [6.07, 6.45) is 8.91. The molecular weight excluding hydrogens is 444 g/mol. The van der Waals surface area contributed by atoms with E-state index in [1.165, 1.54) is 69.3 Å². The zero-order chi connectivity index (χ0) is 25.4. The van der Waals surface area contributed by atoms with Crippen molar-refractivity contribution < 1.29 is 9.47 Å². The molecule has 1 spiro atoms. The van der Waals surface area contributed by atoms with Crippen LogP contribution in [0.1, 0.15) is 70.4 Å². The summed E-state index contributed by atoms with van der Waals surface area (Å²) in [5.74, 6) is 2.00. The molecule has 4 rings (SSSR count). The maximum absolute atomic E-state index is 6.35. The van der Waals surface area contributed by atoms with E-state index in [9.17, 15) is 0 Å². The molecule has 0 amide bonds. The Hall–Kier alpha value is -2.04. The fourth-order valence-electron chi connectivity index (χ4n) is 5.86. The second kappa shape index (κ2) is 12.5. The number of rotatable bonds is 5. The Balaban J connectivity index is 1.48. The Labute approximate surface area is 220 Å². The monoisotopic (exact) mass is 492 g/mol. The van der Waals surface area contributed by atoms with Crippen LogP contribution in [0.15, 0.2) is 48.5 Å². The summed E-state index contributed by atoms with van der Waals surface area (Å²) >= 11 is 0. The zero-order valence-corrected chi connectivity index (χ0v) is 23.2. The first kappa shape index (κ1) is 27.0. The van der Waals surface area contributed by atoms with Crippen molar-refractivity contribution in [1.29, 1.82) is 0 Å². The molecule has 1 saturated heterocycles. The third-order valence-electron chi connectivity index (χ3n) is 8.26. The van der Waals surface area contributed by atoms with Gasteiger partial charge in [-0.25, -0.2) is 0 Å². The predicted octanol–water partition coefficient (Wildman–Crippen LogP) is 6.82. The Kier molecular flexibility index (Phi) is 9.35. The van der Waals surface area contributed by atoms with Crippen LogP contribution in [0.25, 0.3) is 0 Å². The van der Waals surface area contributed by atoms with E-state index >= 15 is 0 Å². The van der Waals surface area contributed by atoms with E-state index in [0.717, 1.165) is 44.2 Å². The fourth-order valence-corrected chi connectivity index (χ4v) is 5.86. The standard InChI is InChI=1S/C32H48N2O2/c1-31(2,3)17-20-33-21-18-32(19-22-33)16-8-7-10-28-9-5-6-11-30(28)36-24-23-34(26-32)25-27-12-14-29(35-4)15-13-27/h5-6,9,11-15H,7-8,10,16-26H2,1-4H3. The minimum atomic E-state index is 0.406. The molecule has 2 heterocycles. The van der Waals surface area contributed by atoms with Crippen molar-refractivity contribution in [2.75, 3.05) is 46.4 Å². The van der Waals surface area contributed by atoms with E-state index < -0.39 is 0 Å². The third-order valence-corrected chi connectivity index (χ3v) is 8.26. The van der Waals surface area contributed by atoms with Crippen LogP contribution in [0.5, 0.6) is 11.5 Å². The number of hydrogen-bond acceptors (Lipinski definition) is 4. The van der Waals surface area contributed by atoms with E-state index in [2.05, 4.69) is 79.1 Å². The fraction of sp³-hybridized carbons (Fsp3) is 0.625. The van der Waals surface area contributed by atoms with E-state index in [1.54, 1.807) is 7.11 Å². The van der Waals surface area contributed by atoms with Gasteiger partial charge >= 0.3 is 0 Å². The number of benzene rings is 2. The highest BCUT2D eigenvalue weighted by atomic mass is 16.5. The van der Waals surface area contributed by atoms with Crippen LogP contribution >= 0.6 is 0 Å². The maximum atomic E-state index is 6.35. The number of methoxy groups -OCH3 is 1. The van der Waals surface area contributed by atoms with Gasteiger partial charge in [0.1, 0.15) is 18.1 Å². The Morgan fingerprint density at radius 2 is 1.64 bits per heavy atom. The summed E-state index contributed by atoms with van der Waals surface area (Å²) in [5, 5.41) is 0. The highest BCUT2D eigenvalue weighted by Crippen LogP contribution is 2.39. The first-order valence-corrected chi connectivity index (χ1v) is 14.1. The van der Waals surface area contributed by atoms with Crippen LogP contribution < -0.4 is 9.47 Å². The van der Waals surface area contributed by atoms with Gasteiger partial charge in [0.15, 0.2) is 0 Å². The molecular formula is C32H48N2O2. The average molecular weight is 493 g/mol. The topological polar surface area (TPSA) is 24.9 Å². The van der Waals surface area contributed by atoms with Crippen molar-refractivity contribution in [3.8, 4) is 11.5 Å².